The van der Waals surface area contributed by atoms with Crippen LogP contribution in [0.2, 0.25) is 0 Å². The molecule has 2 aliphatic rings. The molecular formula is C15H21N3O3. The summed E-state index contributed by atoms with van der Waals surface area (Å²) in [6, 6.07) is 1.97. The predicted molar refractivity (Wildman–Crippen MR) is 77.3 cm³/mol. The van der Waals surface area contributed by atoms with Gasteiger partial charge in [-0.3, -0.25) is 4.79 Å². The third-order valence-electron chi connectivity index (χ3n) is 4.19. The number of piperidine rings is 1. The topological polar surface area (TPSA) is 75.5 Å². The average molecular weight is 291 g/mol. The van der Waals surface area contributed by atoms with Gasteiger partial charge in [0.2, 0.25) is 0 Å². The van der Waals surface area contributed by atoms with Crippen LogP contribution in [0, 0.1) is 5.92 Å². The van der Waals surface area contributed by atoms with Crippen molar-refractivity contribution in [2.75, 3.05) is 25.1 Å². The predicted octanol–water partition coefficient (Wildman–Crippen LogP) is 1.80. The van der Waals surface area contributed by atoms with Gasteiger partial charge in [0.25, 0.3) is 0 Å². The SMILES string of the molecule is COCc1cc(N2CCC(C(=O)O)CC2)nc(C2CC2)n1. The molecular weight excluding hydrogens is 270 g/mol. The lowest BCUT2D eigenvalue weighted by Crippen LogP contribution is -2.37. The smallest absolute Gasteiger partial charge is 0.306 e. The molecule has 0 amide bonds. The van der Waals surface area contributed by atoms with E-state index in [4.69, 9.17) is 9.84 Å². The quantitative estimate of drug-likeness (QED) is 0.891. The van der Waals surface area contributed by atoms with Gasteiger partial charge < -0.3 is 14.7 Å². The molecule has 0 unspecified atom stereocenters. The van der Waals surface area contributed by atoms with E-state index in [9.17, 15) is 4.79 Å². The Bertz CT molecular complexity index is 523. The largest absolute Gasteiger partial charge is 0.481 e. The summed E-state index contributed by atoms with van der Waals surface area (Å²) in [5.41, 5.74) is 0.907. The van der Waals surface area contributed by atoms with Crippen LogP contribution in [-0.2, 0) is 16.1 Å². The number of methoxy groups -OCH3 is 1. The molecule has 1 aromatic rings. The monoisotopic (exact) mass is 291 g/mol. The zero-order chi connectivity index (χ0) is 14.8. The van der Waals surface area contributed by atoms with Crippen molar-refractivity contribution in [2.45, 2.75) is 38.2 Å². The maximum atomic E-state index is 11.0. The van der Waals surface area contributed by atoms with Crippen molar-refractivity contribution in [2.24, 2.45) is 5.92 Å². The van der Waals surface area contributed by atoms with Crippen molar-refractivity contribution in [1.82, 2.24) is 9.97 Å². The first kappa shape index (κ1) is 14.3. The van der Waals surface area contributed by atoms with Crippen molar-refractivity contribution < 1.29 is 14.6 Å². The van der Waals surface area contributed by atoms with Gasteiger partial charge in [0.05, 0.1) is 18.2 Å². The zero-order valence-corrected chi connectivity index (χ0v) is 12.3. The lowest BCUT2D eigenvalue weighted by Gasteiger charge is -2.31. The highest BCUT2D eigenvalue weighted by Gasteiger charge is 2.29. The molecule has 114 valence electrons. The van der Waals surface area contributed by atoms with Crippen molar-refractivity contribution in [3.8, 4) is 0 Å². The Morgan fingerprint density at radius 3 is 2.62 bits per heavy atom. The molecule has 1 aliphatic carbocycles. The van der Waals surface area contributed by atoms with Crippen LogP contribution in [0.4, 0.5) is 5.82 Å². The molecule has 2 fully saturated rings. The van der Waals surface area contributed by atoms with Crippen LogP contribution < -0.4 is 4.90 Å². The van der Waals surface area contributed by atoms with E-state index in [0.29, 0.717) is 25.4 Å². The second kappa shape index (κ2) is 5.97. The summed E-state index contributed by atoms with van der Waals surface area (Å²) in [4.78, 5) is 22.4. The first-order valence-electron chi connectivity index (χ1n) is 7.52. The third kappa shape index (κ3) is 3.32. The Labute approximate surface area is 124 Å². The summed E-state index contributed by atoms with van der Waals surface area (Å²) in [7, 11) is 1.66. The molecule has 6 heteroatoms. The van der Waals surface area contributed by atoms with Gasteiger partial charge in [-0.05, 0) is 25.7 Å². The van der Waals surface area contributed by atoms with E-state index in [1.165, 1.54) is 0 Å². The molecule has 0 bridgehead atoms. The standard InChI is InChI=1S/C15H21N3O3/c1-21-9-12-8-13(17-14(16-12)10-2-3-10)18-6-4-11(5-7-18)15(19)20/h8,10-11H,2-7,9H2,1H3,(H,19,20). The number of aliphatic carboxylic acids is 1. The maximum Gasteiger partial charge on any atom is 0.306 e. The Balaban J connectivity index is 1.76. The number of anilines is 1. The number of rotatable bonds is 5. The van der Waals surface area contributed by atoms with Crippen LogP contribution in [0.3, 0.4) is 0 Å². The Hall–Kier alpha value is -1.69. The van der Waals surface area contributed by atoms with E-state index in [1.807, 2.05) is 6.07 Å². The van der Waals surface area contributed by atoms with Crippen molar-refractivity contribution in [3.05, 3.63) is 17.6 Å². The summed E-state index contributed by atoms with van der Waals surface area (Å²) < 4.78 is 5.19. The number of nitrogens with zero attached hydrogens (tertiary/aromatic N) is 3. The van der Waals surface area contributed by atoms with Gasteiger partial charge in [-0.15, -0.1) is 0 Å². The fourth-order valence-corrected chi connectivity index (χ4v) is 2.77. The van der Waals surface area contributed by atoms with Crippen LogP contribution in [-0.4, -0.2) is 41.2 Å². The minimum atomic E-state index is -0.684. The fourth-order valence-electron chi connectivity index (χ4n) is 2.77. The molecule has 0 spiro atoms. The Morgan fingerprint density at radius 1 is 1.33 bits per heavy atom. The highest BCUT2D eigenvalue weighted by Crippen LogP contribution is 2.39. The summed E-state index contributed by atoms with van der Waals surface area (Å²) in [6.07, 6.45) is 3.68. The average Bonchev–Trinajstić information content (AvgIpc) is 3.32. The van der Waals surface area contributed by atoms with Crippen LogP contribution in [0.25, 0.3) is 0 Å². The highest BCUT2D eigenvalue weighted by molar-refractivity contribution is 5.70. The summed E-state index contributed by atoms with van der Waals surface area (Å²) in [5.74, 6) is 1.43. The molecule has 0 atom stereocenters. The maximum absolute atomic E-state index is 11.0. The minimum absolute atomic E-state index is 0.218. The number of aromatic nitrogens is 2. The number of carboxylic acid groups (broad SMARTS) is 1. The Kier molecular flexibility index (Phi) is 4.05. The van der Waals surface area contributed by atoms with Crippen molar-refractivity contribution in [1.29, 1.82) is 0 Å². The van der Waals surface area contributed by atoms with E-state index in [0.717, 1.165) is 43.3 Å². The number of carboxylic acids is 1. The second-order valence-electron chi connectivity index (χ2n) is 5.88. The van der Waals surface area contributed by atoms with E-state index >= 15 is 0 Å². The molecule has 1 aromatic heterocycles. The van der Waals surface area contributed by atoms with Crippen LogP contribution in [0.1, 0.15) is 43.1 Å². The molecule has 1 saturated heterocycles. The van der Waals surface area contributed by atoms with Crippen LogP contribution >= 0.6 is 0 Å². The summed E-state index contributed by atoms with van der Waals surface area (Å²) in [5, 5.41) is 9.07. The van der Waals surface area contributed by atoms with Gasteiger partial charge >= 0.3 is 5.97 Å². The lowest BCUT2D eigenvalue weighted by atomic mass is 9.97. The molecule has 0 aromatic carbocycles. The molecule has 1 N–H and O–H groups in total. The summed E-state index contributed by atoms with van der Waals surface area (Å²) in [6.45, 7) is 1.97. The van der Waals surface area contributed by atoms with Gasteiger partial charge in [0, 0.05) is 32.2 Å². The minimum Gasteiger partial charge on any atom is -0.481 e. The number of hydrogen-bond acceptors (Lipinski definition) is 5. The number of ether oxygens (including phenoxy) is 1. The van der Waals surface area contributed by atoms with Gasteiger partial charge in [0.15, 0.2) is 0 Å². The van der Waals surface area contributed by atoms with Crippen molar-refractivity contribution in [3.63, 3.8) is 0 Å². The lowest BCUT2D eigenvalue weighted by molar-refractivity contribution is -0.142. The summed E-state index contributed by atoms with van der Waals surface area (Å²) >= 11 is 0. The van der Waals surface area contributed by atoms with Gasteiger partial charge in [-0.25, -0.2) is 9.97 Å². The van der Waals surface area contributed by atoms with E-state index in [2.05, 4.69) is 14.9 Å². The first-order valence-corrected chi connectivity index (χ1v) is 7.52. The normalized spacial score (nSPS) is 19.8. The van der Waals surface area contributed by atoms with E-state index < -0.39 is 5.97 Å². The van der Waals surface area contributed by atoms with Crippen LogP contribution in [0.5, 0.6) is 0 Å². The molecule has 1 saturated carbocycles. The van der Waals surface area contributed by atoms with E-state index in [-0.39, 0.29) is 5.92 Å². The molecule has 21 heavy (non-hydrogen) atoms. The van der Waals surface area contributed by atoms with E-state index in [1.54, 1.807) is 7.11 Å². The number of carbonyl (C=O) groups is 1. The van der Waals surface area contributed by atoms with Crippen molar-refractivity contribution >= 4 is 11.8 Å². The Morgan fingerprint density at radius 2 is 2.05 bits per heavy atom. The fraction of sp³-hybridized carbons (Fsp3) is 0.667. The molecule has 1 aliphatic heterocycles. The van der Waals surface area contributed by atoms with Gasteiger partial charge in [-0.2, -0.15) is 0 Å². The second-order valence-corrected chi connectivity index (χ2v) is 5.88. The third-order valence-corrected chi connectivity index (χ3v) is 4.19. The molecule has 3 rings (SSSR count). The first-order chi connectivity index (χ1) is 10.2. The molecule has 6 nitrogen and oxygen atoms in total. The molecule has 2 heterocycles. The molecule has 0 radical (unpaired) electrons. The van der Waals surface area contributed by atoms with Crippen LogP contribution in [0.15, 0.2) is 6.07 Å². The number of hydrogen-bond donors (Lipinski definition) is 1. The highest BCUT2D eigenvalue weighted by atomic mass is 16.5. The van der Waals surface area contributed by atoms with Gasteiger partial charge in [-0.1, -0.05) is 0 Å². The van der Waals surface area contributed by atoms with Gasteiger partial charge in [0.1, 0.15) is 11.6 Å². The zero-order valence-electron chi connectivity index (χ0n) is 12.3.